The van der Waals surface area contributed by atoms with Crippen LogP contribution < -0.4 is 4.74 Å². The predicted octanol–water partition coefficient (Wildman–Crippen LogP) is 4.63. The van der Waals surface area contributed by atoms with Crippen LogP contribution in [0.4, 0.5) is 0 Å². The highest BCUT2D eigenvalue weighted by molar-refractivity contribution is 6.42. The van der Waals surface area contributed by atoms with E-state index < -0.39 is 5.60 Å². The van der Waals surface area contributed by atoms with Crippen molar-refractivity contribution in [3.05, 3.63) is 63.6 Å². The summed E-state index contributed by atoms with van der Waals surface area (Å²) in [7, 11) is 0. The summed E-state index contributed by atoms with van der Waals surface area (Å²) in [6.07, 6.45) is 1.61. The van der Waals surface area contributed by atoms with E-state index in [-0.39, 0.29) is 11.7 Å². The van der Waals surface area contributed by atoms with Crippen LogP contribution in [0.3, 0.4) is 0 Å². The molecule has 2 heterocycles. The van der Waals surface area contributed by atoms with Gasteiger partial charge in [-0.3, -0.25) is 9.59 Å². The van der Waals surface area contributed by atoms with Gasteiger partial charge in [-0.15, -0.1) is 0 Å². The molecule has 1 spiro atoms. The summed E-state index contributed by atoms with van der Waals surface area (Å²) in [6.45, 7) is 1.07. The molecule has 0 bridgehead atoms. The van der Waals surface area contributed by atoms with E-state index in [9.17, 15) is 9.59 Å². The number of rotatable bonds is 1. The second kappa shape index (κ2) is 6.60. The van der Waals surface area contributed by atoms with Crippen molar-refractivity contribution in [2.45, 2.75) is 24.9 Å². The zero-order chi connectivity index (χ0) is 18.3. The fraction of sp³-hybridized carbons (Fsp3) is 0.300. The van der Waals surface area contributed by atoms with Crippen molar-refractivity contribution in [3.63, 3.8) is 0 Å². The minimum Gasteiger partial charge on any atom is -0.486 e. The Bertz CT molecular complexity index is 888. The van der Waals surface area contributed by atoms with Crippen molar-refractivity contribution in [2.75, 3.05) is 13.1 Å². The second-order valence-corrected chi connectivity index (χ2v) is 7.62. The van der Waals surface area contributed by atoms with Crippen LogP contribution in [0.1, 0.15) is 40.0 Å². The molecule has 6 heteroatoms. The molecule has 2 aromatic carbocycles. The monoisotopic (exact) mass is 389 g/mol. The molecule has 0 N–H and O–H groups in total. The van der Waals surface area contributed by atoms with Gasteiger partial charge in [-0.05, 0) is 30.3 Å². The van der Waals surface area contributed by atoms with E-state index >= 15 is 0 Å². The summed E-state index contributed by atoms with van der Waals surface area (Å²) in [4.78, 5) is 27.0. The van der Waals surface area contributed by atoms with Gasteiger partial charge < -0.3 is 9.64 Å². The Hall–Kier alpha value is -2.04. The van der Waals surface area contributed by atoms with Crippen LogP contribution in [0.15, 0.2) is 42.5 Å². The molecule has 2 aromatic rings. The number of halogens is 2. The number of hydrogen-bond acceptors (Lipinski definition) is 3. The molecule has 4 nitrogen and oxygen atoms in total. The average molecular weight is 390 g/mol. The first-order valence-electron chi connectivity index (χ1n) is 8.53. The molecule has 134 valence electrons. The van der Waals surface area contributed by atoms with Crippen LogP contribution in [0.2, 0.25) is 10.0 Å². The SMILES string of the molecule is O=C1CC2(CCN(C(=O)c3ccc(Cl)c(Cl)c3)CC2)Oc2ccccc21. The Morgan fingerprint density at radius 3 is 2.50 bits per heavy atom. The van der Waals surface area contributed by atoms with Crippen molar-refractivity contribution in [2.24, 2.45) is 0 Å². The van der Waals surface area contributed by atoms with Crippen molar-refractivity contribution in [3.8, 4) is 5.75 Å². The topological polar surface area (TPSA) is 46.6 Å². The first kappa shape index (κ1) is 17.4. The lowest BCUT2D eigenvalue weighted by atomic mass is 9.82. The number of piperidine rings is 1. The molecule has 1 amide bonds. The highest BCUT2D eigenvalue weighted by Gasteiger charge is 2.43. The second-order valence-electron chi connectivity index (χ2n) is 6.80. The standard InChI is InChI=1S/C20H17Cl2NO3/c21-15-6-5-13(11-16(15)22)19(25)23-9-7-20(8-10-23)12-17(24)14-3-1-2-4-18(14)26-20/h1-6,11H,7-10,12H2. The van der Waals surface area contributed by atoms with Gasteiger partial charge in [0.15, 0.2) is 5.78 Å². The van der Waals surface area contributed by atoms with Crippen molar-refractivity contribution in [1.29, 1.82) is 0 Å². The molecule has 1 fully saturated rings. The van der Waals surface area contributed by atoms with Crippen LogP contribution in [-0.4, -0.2) is 35.3 Å². The largest absolute Gasteiger partial charge is 0.486 e. The molecule has 2 aliphatic rings. The molecule has 0 aliphatic carbocycles. The third-order valence-corrected chi connectivity index (χ3v) is 5.86. The Morgan fingerprint density at radius 1 is 1.04 bits per heavy atom. The lowest BCUT2D eigenvalue weighted by molar-refractivity contribution is -0.00570. The maximum absolute atomic E-state index is 12.7. The number of likely N-dealkylation sites (tertiary alicyclic amines) is 1. The maximum atomic E-state index is 12.7. The van der Waals surface area contributed by atoms with E-state index in [0.29, 0.717) is 59.3 Å². The number of Topliss-reactive ketones (excluding diaryl/α,β-unsaturated/α-hetero) is 1. The first-order valence-corrected chi connectivity index (χ1v) is 9.29. The fourth-order valence-corrected chi connectivity index (χ4v) is 3.95. The van der Waals surface area contributed by atoms with Crippen LogP contribution >= 0.6 is 23.2 Å². The fourth-order valence-electron chi connectivity index (χ4n) is 3.65. The molecule has 2 aliphatic heterocycles. The summed E-state index contributed by atoms with van der Waals surface area (Å²) >= 11 is 11.9. The zero-order valence-corrected chi connectivity index (χ0v) is 15.5. The highest BCUT2D eigenvalue weighted by atomic mass is 35.5. The van der Waals surface area contributed by atoms with Gasteiger partial charge in [-0.25, -0.2) is 0 Å². The third kappa shape index (κ3) is 3.08. The molecule has 1 saturated heterocycles. The number of carbonyl (C=O) groups is 2. The summed E-state index contributed by atoms with van der Waals surface area (Å²) < 4.78 is 6.20. The summed E-state index contributed by atoms with van der Waals surface area (Å²) in [5, 5.41) is 0.789. The van der Waals surface area contributed by atoms with Gasteiger partial charge in [0.25, 0.3) is 5.91 Å². The Labute approximate surface area is 161 Å². The summed E-state index contributed by atoms with van der Waals surface area (Å²) in [6, 6.07) is 12.2. The number of fused-ring (bicyclic) bond motifs is 1. The Kier molecular flexibility index (Phi) is 4.41. The quantitative estimate of drug-likeness (QED) is 0.713. The molecule has 4 rings (SSSR count). The van der Waals surface area contributed by atoms with Gasteiger partial charge in [0, 0.05) is 31.5 Å². The van der Waals surface area contributed by atoms with Gasteiger partial charge in [-0.1, -0.05) is 35.3 Å². The molecule has 0 atom stereocenters. The van der Waals surface area contributed by atoms with E-state index in [1.165, 1.54) is 0 Å². The van der Waals surface area contributed by atoms with E-state index in [1.54, 1.807) is 29.2 Å². The van der Waals surface area contributed by atoms with E-state index in [4.69, 9.17) is 27.9 Å². The molecule has 0 unspecified atom stereocenters. The summed E-state index contributed by atoms with van der Waals surface area (Å²) in [5.41, 5.74) is 0.647. The molecular formula is C20H17Cl2NO3. The average Bonchev–Trinajstić information content (AvgIpc) is 2.64. The van der Waals surface area contributed by atoms with Crippen LogP contribution in [0, 0.1) is 0 Å². The minimum absolute atomic E-state index is 0.0825. The maximum Gasteiger partial charge on any atom is 0.253 e. The van der Waals surface area contributed by atoms with Crippen molar-refractivity contribution < 1.29 is 14.3 Å². The lowest BCUT2D eigenvalue weighted by Crippen LogP contribution is -2.52. The number of carbonyl (C=O) groups excluding carboxylic acids is 2. The highest BCUT2D eigenvalue weighted by Crippen LogP contribution is 2.39. The Morgan fingerprint density at radius 2 is 1.77 bits per heavy atom. The number of nitrogens with zero attached hydrogens (tertiary/aromatic N) is 1. The summed E-state index contributed by atoms with van der Waals surface area (Å²) in [5.74, 6) is 0.671. The number of amides is 1. The van der Waals surface area contributed by atoms with E-state index in [1.807, 2.05) is 18.2 Å². The lowest BCUT2D eigenvalue weighted by Gasteiger charge is -2.44. The molecule has 0 radical (unpaired) electrons. The van der Waals surface area contributed by atoms with Crippen molar-refractivity contribution >= 4 is 34.9 Å². The van der Waals surface area contributed by atoms with Gasteiger partial charge >= 0.3 is 0 Å². The predicted molar refractivity (Wildman–Crippen MR) is 100 cm³/mol. The number of ether oxygens (including phenoxy) is 1. The smallest absolute Gasteiger partial charge is 0.253 e. The number of para-hydroxylation sites is 1. The number of ketones is 1. The molecule has 26 heavy (non-hydrogen) atoms. The van der Waals surface area contributed by atoms with E-state index in [0.717, 1.165) is 0 Å². The van der Waals surface area contributed by atoms with Gasteiger partial charge in [0.1, 0.15) is 11.4 Å². The Balaban J connectivity index is 1.48. The third-order valence-electron chi connectivity index (χ3n) is 5.13. The van der Waals surface area contributed by atoms with Crippen LogP contribution in [0.25, 0.3) is 0 Å². The number of hydrogen-bond donors (Lipinski definition) is 0. The first-order chi connectivity index (χ1) is 12.5. The van der Waals surface area contributed by atoms with Gasteiger partial charge in [-0.2, -0.15) is 0 Å². The van der Waals surface area contributed by atoms with E-state index in [2.05, 4.69) is 0 Å². The van der Waals surface area contributed by atoms with Crippen molar-refractivity contribution in [1.82, 2.24) is 4.90 Å². The normalized spacial score (nSPS) is 18.4. The van der Waals surface area contributed by atoms with Gasteiger partial charge in [0.05, 0.1) is 22.0 Å². The number of benzene rings is 2. The van der Waals surface area contributed by atoms with Crippen LogP contribution in [0.5, 0.6) is 5.75 Å². The molecule has 0 saturated carbocycles. The van der Waals surface area contributed by atoms with Gasteiger partial charge in [0.2, 0.25) is 0 Å². The minimum atomic E-state index is -0.514. The molecule has 0 aromatic heterocycles. The van der Waals surface area contributed by atoms with Crippen LogP contribution in [-0.2, 0) is 0 Å². The zero-order valence-electron chi connectivity index (χ0n) is 14.0. The molecular weight excluding hydrogens is 373 g/mol.